The van der Waals surface area contributed by atoms with Crippen LogP contribution in [0.25, 0.3) is 10.2 Å². The van der Waals surface area contributed by atoms with E-state index in [2.05, 4.69) is 10.3 Å². The molecular weight excluding hydrogens is 313 g/mol. The second-order valence-corrected chi connectivity index (χ2v) is 6.34. The molecule has 2 amide bonds. The molecule has 0 aliphatic heterocycles. The predicted octanol–water partition coefficient (Wildman–Crippen LogP) is 3.78. The van der Waals surface area contributed by atoms with Gasteiger partial charge in [-0.15, -0.1) is 11.3 Å². The summed E-state index contributed by atoms with van der Waals surface area (Å²) in [5.74, 6) is -0.300. The van der Waals surface area contributed by atoms with E-state index in [0.29, 0.717) is 13.1 Å². The number of urea groups is 1. The summed E-state index contributed by atoms with van der Waals surface area (Å²) in [5, 5.41) is 3.70. The van der Waals surface area contributed by atoms with Crippen molar-refractivity contribution in [1.82, 2.24) is 15.2 Å². The zero-order chi connectivity index (χ0) is 16.2. The number of aromatic nitrogens is 1. The minimum absolute atomic E-state index is 0.214. The van der Waals surface area contributed by atoms with Crippen LogP contribution in [0.15, 0.2) is 48.5 Å². The van der Waals surface area contributed by atoms with Gasteiger partial charge in [0.1, 0.15) is 10.8 Å². The van der Waals surface area contributed by atoms with Gasteiger partial charge in [-0.1, -0.05) is 24.3 Å². The lowest BCUT2D eigenvalue weighted by molar-refractivity contribution is 0.206. The van der Waals surface area contributed by atoms with Crippen molar-refractivity contribution < 1.29 is 9.18 Å². The maximum absolute atomic E-state index is 13.2. The third-order valence-electron chi connectivity index (χ3n) is 3.38. The third-order valence-corrected chi connectivity index (χ3v) is 4.42. The van der Waals surface area contributed by atoms with Gasteiger partial charge in [-0.25, -0.2) is 14.2 Å². The second-order valence-electron chi connectivity index (χ2n) is 5.22. The molecule has 3 rings (SSSR count). The summed E-state index contributed by atoms with van der Waals surface area (Å²) in [7, 11) is 1.68. The van der Waals surface area contributed by atoms with Gasteiger partial charge in [0.15, 0.2) is 0 Å². The molecule has 0 fully saturated rings. The average molecular weight is 329 g/mol. The van der Waals surface area contributed by atoms with Crippen LogP contribution < -0.4 is 5.32 Å². The number of thiazole rings is 1. The van der Waals surface area contributed by atoms with Gasteiger partial charge in [-0.3, -0.25) is 0 Å². The fourth-order valence-corrected chi connectivity index (χ4v) is 3.17. The molecule has 118 valence electrons. The molecule has 0 unspecified atom stereocenters. The van der Waals surface area contributed by atoms with Crippen LogP contribution in [0.5, 0.6) is 0 Å². The minimum atomic E-state index is -0.300. The number of nitrogens with zero attached hydrogens (tertiary/aromatic N) is 2. The maximum atomic E-state index is 13.2. The van der Waals surface area contributed by atoms with Gasteiger partial charge in [-0.2, -0.15) is 0 Å². The van der Waals surface area contributed by atoms with Crippen molar-refractivity contribution in [1.29, 1.82) is 0 Å². The first kappa shape index (κ1) is 15.4. The molecule has 1 N–H and O–H groups in total. The zero-order valence-electron chi connectivity index (χ0n) is 12.6. The molecule has 0 aliphatic rings. The summed E-state index contributed by atoms with van der Waals surface area (Å²) in [6, 6.07) is 13.9. The van der Waals surface area contributed by atoms with E-state index < -0.39 is 0 Å². The van der Waals surface area contributed by atoms with Gasteiger partial charge in [0.25, 0.3) is 0 Å². The van der Waals surface area contributed by atoms with Crippen LogP contribution in [-0.2, 0) is 13.1 Å². The van der Waals surface area contributed by atoms with E-state index in [4.69, 9.17) is 0 Å². The normalized spacial score (nSPS) is 10.7. The first-order valence-corrected chi connectivity index (χ1v) is 8.01. The summed E-state index contributed by atoms with van der Waals surface area (Å²) in [6.45, 7) is 0.731. The Morgan fingerprint density at radius 3 is 2.87 bits per heavy atom. The van der Waals surface area contributed by atoms with Crippen LogP contribution in [0.4, 0.5) is 9.18 Å². The molecule has 4 nitrogen and oxygen atoms in total. The number of para-hydroxylation sites is 1. The molecule has 6 heteroatoms. The molecule has 0 aliphatic carbocycles. The number of halogens is 1. The lowest BCUT2D eigenvalue weighted by atomic mass is 10.2. The van der Waals surface area contributed by atoms with E-state index in [9.17, 15) is 9.18 Å². The monoisotopic (exact) mass is 329 g/mol. The van der Waals surface area contributed by atoms with Crippen LogP contribution in [0.3, 0.4) is 0 Å². The summed E-state index contributed by atoms with van der Waals surface area (Å²) < 4.78 is 14.3. The second kappa shape index (κ2) is 6.75. The molecule has 0 saturated heterocycles. The highest BCUT2D eigenvalue weighted by Gasteiger charge is 2.10. The predicted molar refractivity (Wildman–Crippen MR) is 89.7 cm³/mol. The number of benzene rings is 2. The Bertz CT molecular complexity index is 800. The Hall–Kier alpha value is -2.47. The number of fused-ring (bicyclic) bond motifs is 1. The fourth-order valence-electron chi connectivity index (χ4n) is 2.26. The van der Waals surface area contributed by atoms with Gasteiger partial charge < -0.3 is 10.2 Å². The van der Waals surface area contributed by atoms with Crippen LogP contribution in [0.2, 0.25) is 0 Å². The molecule has 0 spiro atoms. The van der Waals surface area contributed by atoms with Crippen molar-refractivity contribution in [2.45, 2.75) is 13.1 Å². The van der Waals surface area contributed by atoms with E-state index in [0.717, 1.165) is 20.8 Å². The van der Waals surface area contributed by atoms with Gasteiger partial charge >= 0.3 is 6.03 Å². The van der Waals surface area contributed by atoms with E-state index in [1.165, 1.54) is 17.0 Å². The Balaban J connectivity index is 1.58. The number of nitrogens with one attached hydrogen (secondary N) is 1. The molecular formula is C17H16FN3OS. The highest BCUT2D eigenvalue weighted by Crippen LogP contribution is 2.21. The van der Waals surface area contributed by atoms with Crippen molar-refractivity contribution in [3.63, 3.8) is 0 Å². The molecule has 0 radical (unpaired) electrons. The van der Waals surface area contributed by atoms with Crippen LogP contribution in [-0.4, -0.2) is 23.0 Å². The molecule has 1 aromatic heterocycles. The van der Waals surface area contributed by atoms with Crippen LogP contribution in [0, 0.1) is 5.82 Å². The quantitative estimate of drug-likeness (QED) is 0.792. The van der Waals surface area contributed by atoms with Gasteiger partial charge in [0, 0.05) is 13.6 Å². The maximum Gasteiger partial charge on any atom is 0.317 e. The smallest absolute Gasteiger partial charge is 0.317 e. The lowest BCUT2D eigenvalue weighted by Crippen LogP contribution is -2.36. The number of hydrogen-bond acceptors (Lipinski definition) is 3. The molecule has 2 aromatic carbocycles. The van der Waals surface area contributed by atoms with Crippen molar-refractivity contribution in [2.75, 3.05) is 7.05 Å². The topological polar surface area (TPSA) is 45.2 Å². The van der Waals surface area contributed by atoms with Crippen LogP contribution in [0.1, 0.15) is 10.6 Å². The Labute approximate surface area is 137 Å². The highest BCUT2D eigenvalue weighted by atomic mass is 32.1. The summed E-state index contributed by atoms with van der Waals surface area (Å²) in [5.41, 5.74) is 1.69. The van der Waals surface area contributed by atoms with Crippen LogP contribution >= 0.6 is 11.3 Å². The van der Waals surface area contributed by atoms with Crippen molar-refractivity contribution in [3.8, 4) is 0 Å². The Kier molecular flexibility index (Phi) is 4.52. The lowest BCUT2D eigenvalue weighted by Gasteiger charge is -2.17. The third kappa shape index (κ3) is 3.84. The molecule has 0 saturated carbocycles. The number of hydrogen-bond donors (Lipinski definition) is 1. The molecule has 0 atom stereocenters. The molecule has 3 aromatic rings. The first-order valence-electron chi connectivity index (χ1n) is 7.19. The summed E-state index contributed by atoms with van der Waals surface area (Å²) in [4.78, 5) is 18.1. The van der Waals surface area contributed by atoms with E-state index in [1.807, 2.05) is 24.3 Å². The summed E-state index contributed by atoms with van der Waals surface area (Å²) >= 11 is 1.56. The van der Waals surface area contributed by atoms with Gasteiger partial charge in [0.2, 0.25) is 0 Å². The Morgan fingerprint density at radius 1 is 1.26 bits per heavy atom. The number of carbonyl (C=O) groups excluding carboxylic acids is 1. The van der Waals surface area contributed by atoms with Gasteiger partial charge in [-0.05, 0) is 29.8 Å². The first-order chi connectivity index (χ1) is 11.1. The number of amides is 2. The van der Waals surface area contributed by atoms with E-state index in [1.54, 1.807) is 30.5 Å². The van der Waals surface area contributed by atoms with E-state index in [-0.39, 0.29) is 11.8 Å². The van der Waals surface area contributed by atoms with Crippen molar-refractivity contribution in [2.24, 2.45) is 0 Å². The average Bonchev–Trinajstić information content (AvgIpc) is 2.95. The number of rotatable bonds is 4. The largest absolute Gasteiger partial charge is 0.331 e. The molecule has 1 heterocycles. The minimum Gasteiger partial charge on any atom is -0.331 e. The zero-order valence-corrected chi connectivity index (χ0v) is 13.4. The fraction of sp³-hybridized carbons (Fsp3) is 0.176. The SMILES string of the molecule is CN(Cc1cccc(F)c1)C(=O)NCc1nc2ccccc2s1. The number of carbonyl (C=O) groups is 1. The Morgan fingerprint density at radius 2 is 2.09 bits per heavy atom. The highest BCUT2D eigenvalue weighted by molar-refractivity contribution is 7.18. The van der Waals surface area contributed by atoms with Crippen molar-refractivity contribution in [3.05, 3.63) is 64.9 Å². The summed E-state index contributed by atoms with van der Waals surface area (Å²) in [6.07, 6.45) is 0. The molecule has 0 bridgehead atoms. The standard InChI is InChI=1S/C17H16FN3OS/c1-21(11-12-5-4-6-13(18)9-12)17(22)19-10-16-20-14-7-2-3-8-15(14)23-16/h2-9H,10-11H2,1H3,(H,19,22). The van der Waals surface area contributed by atoms with Gasteiger partial charge in [0.05, 0.1) is 16.8 Å². The van der Waals surface area contributed by atoms with Crippen molar-refractivity contribution >= 4 is 27.6 Å². The molecule has 23 heavy (non-hydrogen) atoms. The van der Waals surface area contributed by atoms with E-state index >= 15 is 0 Å².